The molecule has 110 valence electrons. The monoisotopic (exact) mass is 315 g/mol. The van der Waals surface area contributed by atoms with Crippen molar-refractivity contribution in [1.82, 2.24) is 4.98 Å². The van der Waals surface area contributed by atoms with Crippen LogP contribution in [-0.2, 0) is 6.61 Å². The molecular weight excluding hydrogens is 302 g/mol. The van der Waals surface area contributed by atoms with Gasteiger partial charge in [0, 0.05) is 16.5 Å². The molecule has 0 saturated heterocycles. The molecule has 0 unspecified atom stereocenters. The number of hydrogen-bond acceptors (Lipinski definition) is 3. The van der Waals surface area contributed by atoms with Crippen LogP contribution in [0.3, 0.4) is 0 Å². The summed E-state index contributed by atoms with van der Waals surface area (Å²) in [6.45, 7) is 0.598. The standard InChI is InChI=1S/C20H13NOS/c1-2-7-14(8-3-1)20-21-18-16-11-10-13-6-4-5-9-15(13)19(16)22-12-17(18)23-20/h1-11H,12H2. The Morgan fingerprint density at radius 2 is 1.70 bits per heavy atom. The van der Waals surface area contributed by atoms with E-state index in [1.54, 1.807) is 11.3 Å². The van der Waals surface area contributed by atoms with Gasteiger partial charge in [-0.25, -0.2) is 4.98 Å². The smallest absolute Gasteiger partial charge is 0.137 e. The van der Waals surface area contributed by atoms with Gasteiger partial charge < -0.3 is 4.74 Å². The minimum atomic E-state index is 0.598. The Balaban J connectivity index is 1.72. The molecule has 2 nitrogen and oxygen atoms in total. The van der Waals surface area contributed by atoms with Gasteiger partial charge >= 0.3 is 0 Å². The summed E-state index contributed by atoms with van der Waals surface area (Å²) in [6.07, 6.45) is 0. The van der Waals surface area contributed by atoms with E-state index in [2.05, 4.69) is 48.5 Å². The molecule has 0 aliphatic carbocycles. The molecule has 5 rings (SSSR count). The third-order valence-corrected chi connectivity index (χ3v) is 5.28. The Bertz CT molecular complexity index is 1020. The van der Waals surface area contributed by atoms with Crippen molar-refractivity contribution in [3.05, 3.63) is 71.6 Å². The predicted molar refractivity (Wildman–Crippen MR) is 94.8 cm³/mol. The molecule has 0 amide bonds. The summed E-state index contributed by atoms with van der Waals surface area (Å²) >= 11 is 1.72. The quantitative estimate of drug-likeness (QED) is 0.461. The SMILES string of the molecule is c1ccc(-c2nc3c(s2)COc2c-3ccc3ccccc23)cc1. The van der Waals surface area contributed by atoms with Crippen LogP contribution in [0, 0.1) is 0 Å². The summed E-state index contributed by atoms with van der Waals surface area (Å²) in [5, 5.41) is 3.42. The molecule has 1 aliphatic heterocycles. The van der Waals surface area contributed by atoms with Crippen LogP contribution >= 0.6 is 11.3 Å². The number of nitrogens with zero attached hydrogens (tertiary/aromatic N) is 1. The number of rotatable bonds is 1. The molecule has 23 heavy (non-hydrogen) atoms. The van der Waals surface area contributed by atoms with Gasteiger partial charge in [0.25, 0.3) is 0 Å². The Morgan fingerprint density at radius 1 is 0.870 bits per heavy atom. The third-order valence-electron chi connectivity index (χ3n) is 4.20. The summed E-state index contributed by atoms with van der Waals surface area (Å²) < 4.78 is 6.08. The van der Waals surface area contributed by atoms with Gasteiger partial charge in [0.15, 0.2) is 0 Å². The number of benzene rings is 3. The molecule has 4 aromatic rings. The van der Waals surface area contributed by atoms with Crippen LogP contribution in [0.1, 0.15) is 4.88 Å². The molecule has 0 saturated carbocycles. The molecule has 0 atom stereocenters. The minimum Gasteiger partial charge on any atom is -0.487 e. The fourth-order valence-corrected chi connectivity index (χ4v) is 4.08. The first-order valence-corrected chi connectivity index (χ1v) is 8.42. The normalized spacial score (nSPS) is 12.5. The highest BCUT2D eigenvalue weighted by atomic mass is 32.1. The van der Waals surface area contributed by atoms with Gasteiger partial charge in [0.2, 0.25) is 0 Å². The molecular formula is C20H13NOS. The summed E-state index contributed by atoms with van der Waals surface area (Å²) in [7, 11) is 0. The van der Waals surface area contributed by atoms with Crippen LogP contribution in [0.15, 0.2) is 66.7 Å². The van der Waals surface area contributed by atoms with Crippen LogP contribution in [0.25, 0.3) is 32.6 Å². The lowest BCUT2D eigenvalue weighted by atomic mass is 10.0. The van der Waals surface area contributed by atoms with Crippen molar-refractivity contribution in [2.75, 3.05) is 0 Å². The van der Waals surface area contributed by atoms with E-state index < -0.39 is 0 Å². The van der Waals surface area contributed by atoms with Crippen molar-refractivity contribution >= 4 is 22.1 Å². The second kappa shape index (κ2) is 4.93. The van der Waals surface area contributed by atoms with E-state index in [1.165, 1.54) is 10.3 Å². The average molecular weight is 315 g/mol. The number of thiazole rings is 1. The van der Waals surface area contributed by atoms with Gasteiger partial charge in [-0.2, -0.15) is 0 Å². The van der Waals surface area contributed by atoms with E-state index in [-0.39, 0.29) is 0 Å². The average Bonchev–Trinajstić information content (AvgIpc) is 3.07. The second-order valence-electron chi connectivity index (χ2n) is 5.61. The molecule has 3 heteroatoms. The first-order valence-electron chi connectivity index (χ1n) is 7.60. The lowest BCUT2D eigenvalue weighted by Gasteiger charge is -2.18. The van der Waals surface area contributed by atoms with E-state index in [0.717, 1.165) is 33.0 Å². The van der Waals surface area contributed by atoms with E-state index in [4.69, 9.17) is 9.72 Å². The Morgan fingerprint density at radius 3 is 2.61 bits per heavy atom. The maximum atomic E-state index is 6.08. The molecule has 1 aromatic heterocycles. The topological polar surface area (TPSA) is 22.1 Å². The molecule has 2 heterocycles. The fraction of sp³-hybridized carbons (Fsp3) is 0.0500. The molecule has 0 N–H and O–H groups in total. The highest BCUT2D eigenvalue weighted by molar-refractivity contribution is 7.15. The van der Waals surface area contributed by atoms with E-state index in [1.807, 2.05) is 18.2 Å². The summed E-state index contributed by atoms with van der Waals surface area (Å²) in [5.41, 5.74) is 3.33. The Kier molecular flexibility index (Phi) is 2.76. The summed E-state index contributed by atoms with van der Waals surface area (Å²) in [5.74, 6) is 0.959. The summed E-state index contributed by atoms with van der Waals surface area (Å²) in [6, 6.07) is 23.0. The van der Waals surface area contributed by atoms with E-state index >= 15 is 0 Å². The highest BCUT2D eigenvalue weighted by Crippen LogP contribution is 2.44. The third kappa shape index (κ3) is 1.97. The van der Waals surface area contributed by atoms with Crippen LogP contribution in [0.2, 0.25) is 0 Å². The predicted octanol–water partition coefficient (Wildman–Crippen LogP) is 5.52. The maximum Gasteiger partial charge on any atom is 0.137 e. The van der Waals surface area contributed by atoms with Gasteiger partial charge in [-0.05, 0) is 11.5 Å². The van der Waals surface area contributed by atoms with E-state index in [9.17, 15) is 0 Å². The van der Waals surface area contributed by atoms with Crippen molar-refractivity contribution in [2.24, 2.45) is 0 Å². The molecule has 0 fully saturated rings. The zero-order valence-corrected chi connectivity index (χ0v) is 13.1. The molecule has 0 radical (unpaired) electrons. The lowest BCUT2D eigenvalue weighted by Crippen LogP contribution is -2.03. The molecule has 1 aliphatic rings. The Hall–Kier alpha value is -2.65. The van der Waals surface area contributed by atoms with Crippen LogP contribution < -0.4 is 4.74 Å². The number of ether oxygens (including phenoxy) is 1. The molecule has 3 aromatic carbocycles. The highest BCUT2D eigenvalue weighted by Gasteiger charge is 2.24. The van der Waals surface area contributed by atoms with Crippen molar-refractivity contribution in [2.45, 2.75) is 6.61 Å². The largest absolute Gasteiger partial charge is 0.487 e. The van der Waals surface area contributed by atoms with Gasteiger partial charge in [0.1, 0.15) is 17.4 Å². The van der Waals surface area contributed by atoms with Crippen molar-refractivity contribution in [1.29, 1.82) is 0 Å². The fourth-order valence-electron chi connectivity index (χ4n) is 3.09. The summed E-state index contributed by atoms with van der Waals surface area (Å²) in [4.78, 5) is 6.11. The van der Waals surface area contributed by atoms with Crippen molar-refractivity contribution in [3.8, 4) is 27.6 Å². The first kappa shape index (κ1) is 12.9. The van der Waals surface area contributed by atoms with Crippen LogP contribution in [-0.4, -0.2) is 4.98 Å². The first-order chi connectivity index (χ1) is 11.4. The van der Waals surface area contributed by atoms with Crippen molar-refractivity contribution in [3.63, 3.8) is 0 Å². The Labute approximate surface area is 138 Å². The molecule has 0 spiro atoms. The zero-order chi connectivity index (χ0) is 15.2. The minimum absolute atomic E-state index is 0.598. The number of hydrogen-bond donors (Lipinski definition) is 0. The van der Waals surface area contributed by atoms with Gasteiger partial charge in [0.05, 0.1) is 10.6 Å². The second-order valence-corrected chi connectivity index (χ2v) is 6.69. The van der Waals surface area contributed by atoms with Gasteiger partial charge in [-0.1, -0.05) is 60.7 Å². The maximum absolute atomic E-state index is 6.08. The lowest BCUT2D eigenvalue weighted by molar-refractivity contribution is 0.309. The van der Waals surface area contributed by atoms with Gasteiger partial charge in [-0.3, -0.25) is 0 Å². The number of aromatic nitrogens is 1. The van der Waals surface area contributed by atoms with Gasteiger partial charge in [-0.15, -0.1) is 11.3 Å². The van der Waals surface area contributed by atoms with Crippen molar-refractivity contribution < 1.29 is 4.74 Å². The van der Waals surface area contributed by atoms with Crippen LogP contribution in [0.4, 0.5) is 0 Å². The number of fused-ring (bicyclic) bond motifs is 5. The zero-order valence-electron chi connectivity index (χ0n) is 12.3. The van der Waals surface area contributed by atoms with E-state index in [0.29, 0.717) is 6.61 Å². The molecule has 0 bridgehead atoms. The van der Waals surface area contributed by atoms with Crippen LogP contribution in [0.5, 0.6) is 5.75 Å².